The monoisotopic (exact) mass is 253 g/mol. The lowest BCUT2D eigenvalue weighted by molar-refractivity contribution is 0.0309. The van der Waals surface area contributed by atoms with E-state index in [1.807, 2.05) is 31.2 Å². The van der Waals surface area contributed by atoms with Gasteiger partial charge in [0.05, 0.1) is 19.3 Å². The highest BCUT2D eigenvalue weighted by Gasteiger charge is 2.21. The van der Waals surface area contributed by atoms with Crippen LogP contribution in [0.5, 0.6) is 11.5 Å². The molecular weight excluding hydrogens is 230 g/mol. The molecule has 0 fully saturated rings. The van der Waals surface area contributed by atoms with Crippen LogP contribution in [0, 0.1) is 0 Å². The Bertz CT molecular complexity index is 333. The third-order valence-electron chi connectivity index (χ3n) is 3.15. The summed E-state index contributed by atoms with van der Waals surface area (Å²) in [6.07, 6.45) is 2.12. The summed E-state index contributed by atoms with van der Waals surface area (Å²) in [4.78, 5) is 0. The summed E-state index contributed by atoms with van der Waals surface area (Å²) in [6.45, 7) is 2.82. The normalized spacial score (nSPS) is 14.0. The summed E-state index contributed by atoms with van der Waals surface area (Å²) in [7, 11) is 1.63. The molecule has 1 atom stereocenters. The van der Waals surface area contributed by atoms with E-state index in [9.17, 15) is 5.11 Å². The SMILES string of the molecule is CCC(O)(CN)CCCOc1ccc(OC)cc1. The Kier molecular flexibility index (Phi) is 5.95. The maximum atomic E-state index is 10.00. The van der Waals surface area contributed by atoms with Gasteiger partial charge in [0.2, 0.25) is 0 Å². The van der Waals surface area contributed by atoms with E-state index in [1.54, 1.807) is 7.11 Å². The number of hydrogen-bond acceptors (Lipinski definition) is 4. The van der Waals surface area contributed by atoms with Crippen molar-refractivity contribution in [1.29, 1.82) is 0 Å². The van der Waals surface area contributed by atoms with Crippen molar-refractivity contribution in [1.82, 2.24) is 0 Å². The Hall–Kier alpha value is -1.26. The van der Waals surface area contributed by atoms with E-state index in [1.165, 1.54) is 0 Å². The number of nitrogens with two attached hydrogens (primary N) is 1. The zero-order chi connectivity index (χ0) is 13.4. The lowest BCUT2D eigenvalue weighted by Crippen LogP contribution is -2.37. The highest BCUT2D eigenvalue weighted by atomic mass is 16.5. The van der Waals surface area contributed by atoms with Crippen LogP contribution >= 0.6 is 0 Å². The largest absolute Gasteiger partial charge is 0.497 e. The molecule has 4 heteroatoms. The summed E-state index contributed by atoms with van der Waals surface area (Å²) >= 11 is 0. The fourth-order valence-electron chi connectivity index (χ4n) is 1.69. The van der Waals surface area contributed by atoms with E-state index in [0.717, 1.165) is 17.9 Å². The second-order valence-corrected chi connectivity index (χ2v) is 4.41. The number of hydrogen-bond donors (Lipinski definition) is 2. The fraction of sp³-hybridized carbons (Fsp3) is 0.571. The van der Waals surface area contributed by atoms with E-state index < -0.39 is 5.60 Å². The van der Waals surface area contributed by atoms with Crippen molar-refractivity contribution in [2.75, 3.05) is 20.3 Å². The predicted octanol–water partition coefficient (Wildman–Crippen LogP) is 1.95. The first-order valence-electron chi connectivity index (χ1n) is 6.33. The van der Waals surface area contributed by atoms with Crippen molar-refractivity contribution >= 4 is 0 Å². The van der Waals surface area contributed by atoms with Crippen molar-refractivity contribution < 1.29 is 14.6 Å². The Morgan fingerprint density at radius 2 is 1.83 bits per heavy atom. The average Bonchev–Trinajstić information content (AvgIpc) is 2.44. The maximum absolute atomic E-state index is 10.00. The van der Waals surface area contributed by atoms with Crippen LogP contribution in [0.1, 0.15) is 26.2 Å². The first-order valence-corrected chi connectivity index (χ1v) is 6.33. The fourth-order valence-corrected chi connectivity index (χ4v) is 1.69. The number of ether oxygens (including phenoxy) is 2. The zero-order valence-corrected chi connectivity index (χ0v) is 11.2. The summed E-state index contributed by atoms with van der Waals surface area (Å²) in [5, 5.41) is 10.00. The van der Waals surface area contributed by atoms with Crippen molar-refractivity contribution in [3.63, 3.8) is 0 Å². The first-order chi connectivity index (χ1) is 8.63. The van der Waals surface area contributed by atoms with Crippen molar-refractivity contribution in [3.8, 4) is 11.5 Å². The van der Waals surface area contributed by atoms with Gasteiger partial charge in [0.15, 0.2) is 0 Å². The zero-order valence-electron chi connectivity index (χ0n) is 11.2. The van der Waals surface area contributed by atoms with Gasteiger partial charge in [-0.1, -0.05) is 6.92 Å². The molecule has 0 spiro atoms. The van der Waals surface area contributed by atoms with Gasteiger partial charge in [0, 0.05) is 6.54 Å². The smallest absolute Gasteiger partial charge is 0.119 e. The van der Waals surface area contributed by atoms with Gasteiger partial charge in [0.25, 0.3) is 0 Å². The second-order valence-electron chi connectivity index (χ2n) is 4.41. The molecule has 0 aromatic heterocycles. The third-order valence-corrected chi connectivity index (χ3v) is 3.15. The van der Waals surface area contributed by atoms with Crippen LogP contribution in [0.15, 0.2) is 24.3 Å². The summed E-state index contributed by atoms with van der Waals surface area (Å²) in [6, 6.07) is 7.46. The summed E-state index contributed by atoms with van der Waals surface area (Å²) in [5.41, 5.74) is 4.79. The molecule has 0 aliphatic heterocycles. The van der Waals surface area contributed by atoms with E-state index >= 15 is 0 Å². The average molecular weight is 253 g/mol. The van der Waals surface area contributed by atoms with E-state index in [4.69, 9.17) is 15.2 Å². The van der Waals surface area contributed by atoms with Gasteiger partial charge in [-0.2, -0.15) is 0 Å². The van der Waals surface area contributed by atoms with Crippen LogP contribution in [0.2, 0.25) is 0 Å². The molecule has 0 aliphatic rings. The minimum Gasteiger partial charge on any atom is -0.497 e. The molecule has 0 saturated carbocycles. The molecule has 0 saturated heterocycles. The Balaban J connectivity index is 2.29. The van der Waals surface area contributed by atoms with Crippen molar-refractivity contribution in [2.24, 2.45) is 5.73 Å². The van der Waals surface area contributed by atoms with Crippen LogP contribution in [0.25, 0.3) is 0 Å². The molecule has 3 N–H and O–H groups in total. The number of rotatable bonds is 8. The minimum atomic E-state index is -0.747. The summed E-state index contributed by atoms with van der Waals surface area (Å²) < 4.78 is 10.6. The predicted molar refractivity (Wildman–Crippen MR) is 72.0 cm³/mol. The van der Waals surface area contributed by atoms with Gasteiger partial charge < -0.3 is 20.3 Å². The first kappa shape index (κ1) is 14.8. The molecule has 102 valence electrons. The molecule has 0 aliphatic carbocycles. The molecule has 0 radical (unpaired) electrons. The van der Waals surface area contributed by atoms with Crippen LogP contribution in [-0.4, -0.2) is 31.0 Å². The lowest BCUT2D eigenvalue weighted by atomic mass is 9.95. The molecule has 0 amide bonds. The Morgan fingerprint density at radius 1 is 1.22 bits per heavy atom. The van der Waals surface area contributed by atoms with Crippen LogP contribution in [0.4, 0.5) is 0 Å². The second kappa shape index (κ2) is 7.24. The van der Waals surface area contributed by atoms with Crippen LogP contribution in [0.3, 0.4) is 0 Å². The van der Waals surface area contributed by atoms with Crippen molar-refractivity contribution in [3.05, 3.63) is 24.3 Å². The van der Waals surface area contributed by atoms with Gasteiger partial charge in [-0.25, -0.2) is 0 Å². The molecule has 0 bridgehead atoms. The highest BCUT2D eigenvalue weighted by molar-refractivity contribution is 5.31. The quantitative estimate of drug-likeness (QED) is 0.695. The number of methoxy groups -OCH3 is 1. The molecule has 1 aromatic carbocycles. The van der Waals surface area contributed by atoms with Gasteiger partial charge in [-0.05, 0) is 43.5 Å². The molecular formula is C14H23NO3. The van der Waals surface area contributed by atoms with Crippen molar-refractivity contribution in [2.45, 2.75) is 31.8 Å². The van der Waals surface area contributed by atoms with E-state index in [2.05, 4.69) is 0 Å². The minimum absolute atomic E-state index is 0.298. The highest BCUT2D eigenvalue weighted by Crippen LogP contribution is 2.19. The molecule has 1 unspecified atom stereocenters. The lowest BCUT2D eigenvalue weighted by Gasteiger charge is -2.24. The molecule has 1 aromatic rings. The number of benzene rings is 1. The molecule has 1 rings (SSSR count). The Morgan fingerprint density at radius 3 is 2.33 bits per heavy atom. The van der Waals surface area contributed by atoms with Gasteiger partial charge in [0.1, 0.15) is 11.5 Å². The van der Waals surface area contributed by atoms with Gasteiger partial charge in [-0.3, -0.25) is 0 Å². The Labute approximate surface area is 109 Å². The van der Waals surface area contributed by atoms with E-state index in [-0.39, 0.29) is 0 Å². The third kappa shape index (κ3) is 4.55. The summed E-state index contributed by atoms with van der Waals surface area (Å²) in [5.74, 6) is 1.62. The maximum Gasteiger partial charge on any atom is 0.119 e. The van der Waals surface area contributed by atoms with Gasteiger partial charge >= 0.3 is 0 Å². The van der Waals surface area contributed by atoms with Crippen LogP contribution < -0.4 is 15.2 Å². The van der Waals surface area contributed by atoms with E-state index in [0.29, 0.717) is 26.0 Å². The molecule has 4 nitrogen and oxygen atoms in total. The van der Waals surface area contributed by atoms with Gasteiger partial charge in [-0.15, -0.1) is 0 Å². The topological polar surface area (TPSA) is 64.7 Å². The standard InChI is InChI=1S/C14H23NO3/c1-3-14(16,11-15)9-4-10-18-13-7-5-12(17-2)6-8-13/h5-8,16H,3-4,9-11,15H2,1-2H3. The molecule has 0 heterocycles. The number of aliphatic hydroxyl groups is 1. The molecule has 18 heavy (non-hydrogen) atoms. The van der Waals surface area contributed by atoms with Crippen LogP contribution in [-0.2, 0) is 0 Å².